The van der Waals surface area contributed by atoms with E-state index < -0.39 is 29.8 Å². The number of nitrogens with zero attached hydrogens (tertiary/aromatic N) is 4. The van der Waals surface area contributed by atoms with E-state index in [0.717, 1.165) is 15.1 Å². The average Bonchev–Trinajstić information content (AvgIpc) is 3.05. The van der Waals surface area contributed by atoms with Crippen LogP contribution in [0.25, 0.3) is 20.7 Å². The van der Waals surface area contributed by atoms with Gasteiger partial charge in [0.05, 0.1) is 34.5 Å². The Bertz CT molecular complexity index is 751. The Morgan fingerprint density at radius 3 is 3.08 bits per heavy atom. The highest BCUT2D eigenvalue weighted by molar-refractivity contribution is 7.99. The van der Waals surface area contributed by atoms with Crippen LogP contribution in [0.15, 0.2) is 33.7 Å². The highest BCUT2D eigenvalue weighted by atomic mass is 32.2. The smallest absolute Gasteiger partial charge is 0.134 e. The summed E-state index contributed by atoms with van der Waals surface area (Å²) in [6, 6.07) is 5.00. The molecule has 2 unspecified atom stereocenters. The summed E-state index contributed by atoms with van der Waals surface area (Å²) in [5.74, 6) is 0. The molecule has 1 aliphatic rings. The molecule has 24 heavy (non-hydrogen) atoms. The molecule has 1 aliphatic heterocycles. The monoisotopic (exact) mass is 368 g/mol. The summed E-state index contributed by atoms with van der Waals surface area (Å²) in [7, 11) is 1.47. The minimum Gasteiger partial charge on any atom is -0.394 e. The molecule has 1 aromatic heterocycles. The number of hydrogen-bond acceptors (Lipinski definition) is 8. The van der Waals surface area contributed by atoms with Crippen molar-refractivity contribution in [3.05, 3.63) is 34.2 Å². The zero-order valence-electron chi connectivity index (χ0n) is 12.7. The fourth-order valence-corrected chi connectivity index (χ4v) is 4.63. The fraction of sp³-hybridized carbons (Fsp3) is 0.500. The maximum absolute atomic E-state index is 10.2. The van der Waals surface area contributed by atoms with Gasteiger partial charge in [-0.25, -0.2) is 4.98 Å². The second-order valence-corrected chi connectivity index (χ2v) is 7.27. The van der Waals surface area contributed by atoms with E-state index in [1.165, 1.54) is 18.9 Å². The first kappa shape index (κ1) is 17.4. The molecule has 0 amide bonds. The van der Waals surface area contributed by atoms with E-state index in [9.17, 15) is 10.2 Å². The number of thiazole rings is 1. The van der Waals surface area contributed by atoms with Crippen LogP contribution in [0.1, 0.15) is 0 Å². The standard InChI is InChI=1S/C14H16N4O4S2/c1-21-13-11(17-18-15)12(20)9(5-19)22-14(13)24-7-2-3-8-10(4-7)23-6-16-8/h2-4,6,9,11-14,19-20H,5H2,1H3/t9?,11?,12-,13-,14+/m0/s1. The predicted molar refractivity (Wildman–Crippen MR) is 91.0 cm³/mol. The van der Waals surface area contributed by atoms with Gasteiger partial charge in [-0.1, -0.05) is 16.9 Å². The summed E-state index contributed by atoms with van der Waals surface area (Å²) in [5, 5.41) is 23.3. The van der Waals surface area contributed by atoms with Crippen molar-refractivity contribution in [1.82, 2.24) is 4.98 Å². The number of fused-ring (bicyclic) bond motifs is 1. The van der Waals surface area contributed by atoms with Crippen molar-refractivity contribution < 1.29 is 19.7 Å². The minimum absolute atomic E-state index is 0.375. The van der Waals surface area contributed by atoms with Gasteiger partial charge in [-0.15, -0.1) is 11.3 Å². The third-order valence-corrected chi connectivity index (χ3v) is 5.77. The normalized spacial score (nSPS) is 30.2. The molecule has 1 aromatic carbocycles. The summed E-state index contributed by atoms with van der Waals surface area (Å²) >= 11 is 2.93. The van der Waals surface area contributed by atoms with Crippen LogP contribution in [0.4, 0.5) is 0 Å². The molecule has 2 aromatic rings. The molecule has 2 N–H and O–H groups in total. The molecule has 0 radical (unpaired) electrons. The molecule has 1 fully saturated rings. The Hall–Kier alpha value is -1.39. The third-order valence-electron chi connectivity index (χ3n) is 3.84. The van der Waals surface area contributed by atoms with Crippen molar-refractivity contribution >= 4 is 33.3 Å². The molecule has 0 bridgehead atoms. The molecule has 1 saturated heterocycles. The minimum atomic E-state index is -1.13. The van der Waals surface area contributed by atoms with Gasteiger partial charge in [-0.3, -0.25) is 0 Å². The number of benzene rings is 1. The molecule has 0 aliphatic carbocycles. The molecule has 10 heteroatoms. The van der Waals surface area contributed by atoms with Gasteiger partial charge in [-0.2, -0.15) is 0 Å². The quantitative estimate of drug-likeness (QED) is 0.474. The van der Waals surface area contributed by atoms with Gasteiger partial charge >= 0.3 is 0 Å². The van der Waals surface area contributed by atoms with Gasteiger partial charge in [0.1, 0.15) is 17.6 Å². The number of hydrogen-bond donors (Lipinski definition) is 2. The number of aromatic nitrogens is 1. The molecule has 0 saturated carbocycles. The summed E-state index contributed by atoms with van der Waals surface area (Å²) in [6.45, 7) is -0.375. The van der Waals surface area contributed by atoms with Crippen LogP contribution >= 0.6 is 23.1 Å². The van der Waals surface area contributed by atoms with Crippen LogP contribution in [-0.4, -0.2) is 58.7 Å². The van der Waals surface area contributed by atoms with Gasteiger partial charge in [-0.05, 0) is 23.7 Å². The third kappa shape index (κ3) is 3.35. The Balaban J connectivity index is 1.86. The lowest BCUT2D eigenvalue weighted by Crippen LogP contribution is -2.57. The second-order valence-electron chi connectivity index (χ2n) is 5.21. The summed E-state index contributed by atoms with van der Waals surface area (Å²) in [5.41, 5.74) is 10.9. The molecule has 3 rings (SSSR count). The van der Waals surface area contributed by atoms with Gasteiger partial charge in [0.25, 0.3) is 0 Å². The zero-order valence-corrected chi connectivity index (χ0v) is 14.4. The van der Waals surface area contributed by atoms with Crippen LogP contribution in [0.3, 0.4) is 0 Å². The first-order chi connectivity index (χ1) is 11.7. The molecule has 0 spiro atoms. The number of rotatable bonds is 5. The first-order valence-corrected chi connectivity index (χ1v) is 8.95. The highest BCUT2D eigenvalue weighted by Gasteiger charge is 2.45. The number of aliphatic hydroxyl groups is 2. The number of azide groups is 1. The van der Waals surface area contributed by atoms with Crippen molar-refractivity contribution in [2.75, 3.05) is 13.7 Å². The van der Waals surface area contributed by atoms with Crippen molar-refractivity contribution in [1.29, 1.82) is 0 Å². The predicted octanol–water partition coefficient (Wildman–Crippen LogP) is 2.16. The summed E-state index contributed by atoms with van der Waals surface area (Å²) in [6.07, 6.45) is -2.60. The van der Waals surface area contributed by atoms with E-state index >= 15 is 0 Å². The van der Waals surface area contributed by atoms with Gasteiger partial charge in [0.2, 0.25) is 0 Å². The Kier molecular flexibility index (Phi) is 5.57. The van der Waals surface area contributed by atoms with Crippen LogP contribution < -0.4 is 0 Å². The lowest BCUT2D eigenvalue weighted by Gasteiger charge is -2.41. The van der Waals surface area contributed by atoms with Crippen LogP contribution in [0, 0.1) is 0 Å². The fourth-order valence-electron chi connectivity index (χ4n) is 2.64. The zero-order chi connectivity index (χ0) is 17.1. The van der Waals surface area contributed by atoms with Crippen molar-refractivity contribution in [3.63, 3.8) is 0 Å². The molecule has 5 atom stereocenters. The van der Waals surface area contributed by atoms with E-state index in [1.807, 2.05) is 18.2 Å². The SMILES string of the molecule is CO[C@H]1C(N=[N+]=[N-])[C@@H](O)C(CO)O[C@@H]1Sc1ccc2ncsc2c1. The Morgan fingerprint density at radius 1 is 1.54 bits per heavy atom. The van der Waals surface area contributed by atoms with E-state index in [1.54, 1.807) is 16.8 Å². The second kappa shape index (κ2) is 7.66. The van der Waals surface area contributed by atoms with Crippen LogP contribution in [0.2, 0.25) is 0 Å². The number of aliphatic hydroxyl groups excluding tert-OH is 2. The van der Waals surface area contributed by atoms with Gasteiger partial charge in [0, 0.05) is 16.9 Å². The van der Waals surface area contributed by atoms with E-state index in [4.69, 9.17) is 15.0 Å². The van der Waals surface area contributed by atoms with E-state index in [-0.39, 0.29) is 6.61 Å². The highest BCUT2D eigenvalue weighted by Crippen LogP contribution is 2.37. The molecule has 2 heterocycles. The molecule has 8 nitrogen and oxygen atoms in total. The maximum Gasteiger partial charge on any atom is 0.134 e. The largest absolute Gasteiger partial charge is 0.394 e. The van der Waals surface area contributed by atoms with E-state index in [2.05, 4.69) is 15.0 Å². The summed E-state index contributed by atoms with van der Waals surface area (Å²) < 4.78 is 12.2. The Labute approximate surface area is 146 Å². The lowest BCUT2D eigenvalue weighted by molar-refractivity contribution is -0.167. The van der Waals surface area contributed by atoms with Crippen molar-refractivity contribution in [3.8, 4) is 0 Å². The van der Waals surface area contributed by atoms with Crippen molar-refractivity contribution in [2.45, 2.75) is 34.7 Å². The van der Waals surface area contributed by atoms with Crippen molar-refractivity contribution in [2.24, 2.45) is 5.11 Å². The number of methoxy groups -OCH3 is 1. The van der Waals surface area contributed by atoms with Gasteiger partial charge in [0.15, 0.2) is 0 Å². The van der Waals surface area contributed by atoms with E-state index in [0.29, 0.717) is 0 Å². The first-order valence-electron chi connectivity index (χ1n) is 7.19. The Morgan fingerprint density at radius 2 is 2.38 bits per heavy atom. The molecular weight excluding hydrogens is 352 g/mol. The van der Waals surface area contributed by atoms with Gasteiger partial charge < -0.3 is 19.7 Å². The lowest BCUT2D eigenvalue weighted by atomic mass is 9.98. The summed E-state index contributed by atoms with van der Waals surface area (Å²) in [4.78, 5) is 7.96. The molecular formula is C14H16N4O4S2. The number of thioether (sulfide) groups is 1. The maximum atomic E-state index is 10.2. The average molecular weight is 368 g/mol. The van der Waals surface area contributed by atoms with Crippen LogP contribution in [0.5, 0.6) is 0 Å². The van der Waals surface area contributed by atoms with Crippen LogP contribution in [-0.2, 0) is 9.47 Å². The topological polar surface area (TPSA) is 121 Å². The molecule has 128 valence electrons. The number of ether oxygens (including phenoxy) is 2.